The number of halogens is 1. The molecule has 1 heterocycles. The summed E-state index contributed by atoms with van der Waals surface area (Å²) in [6, 6.07) is 3.21. The van der Waals surface area contributed by atoms with Crippen molar-refractivity contribution in [3.63, 3.8) is 0 Å². The summed E-state index contributed by atoms with van der Waals surface area (Å²) in [6.07, 6.45) is 0.387. The number of anilines is 1. The molecular weight excluding hydrogens is 236 g/mol. The molecule has 4 nitrogen and oxygen atoms in total. The van der Waals surface area contributed by atoms with Crippen LogP contribution in [-0.2, 0) is 4.79 Å². The molecule has 0 aromatic carbocycles. The summed E-state index contributed by atoms with van der Waals surface area (Å²) < 4.78 is 0.446. The van der Waals surface area contributed by atoms with Gasteiger partial charge in [0.1, 0.15) is 5.82 Å². The van der Waals surface area contributed by atoms with Crippen molar-refractivity contribution in [2.45, 2.75) is 13.3 Å². The van der Waals surface area contributed by atoms with Crippen LogP contribution in [-0.4, -0.2) is 10.9 Å². The van der Waals surface area contributed by atoms with Crippen molar-refractivity contribution in [3.05, 3.63) is 27.0 Å². The molecule has 0 aliphatic heterocycles. The van der Waals surface area contributed by atoms with Gasteiger partial charge >= 0.3 is 0 Å². The van der Waals surface area contributed by atoms with E-state index in [0.717, 1.165) is 0 Å². The average molecular weight is 245 g/mol. The van der Waals surface area contributed by atoms with Crippen molar-refractivity contribution >= 4 is 27.7 Å². The van der Waals surface area contributed by atoms with E-state index in [1.807, 2.05) is 0 Å². The highest BCUT2D eigenvalue weighted by molar-refractivity contribution is 9.10. The first-order chi connectivity index (χ1) is 6.13. The first-order valence-corrected chi connectivity index (χ1v) is 4.61. The Morgan fingerprint density at radius 3 is 2.85 bits per heavy atom. The van der Waals surface area contributed by atoms with Gasteiger partial charge < -0.3 is 10.3 Å². The molecule has 0 unspecified atom stereocenters. The average Bonchev–Trinajstić information content (AvgIpc) is 2.11. The van der Waals surface area contributed by atoms with Gasteiger partial charge in [0.05, 0.1) is 4.47 Å². The summed E-state index contributed by atoms with van der Waals surface area (Å²) in [5, 5.41) is 2.54. The summed E-state index contributed by atoms with van der Waals surface area (Å²) in [6.45, 7) is 1.74. The number of H-pyrrole nitrogens is 1. The van der Waals surface area contributed by atoms with E-state index < -0.39 is 0 Å². The fourth-order valence-corrected chi connectivity index (χ4v) is 0.999. The zero-order valence-corrected chi connectivity index (χ0v) is 8.64. The minimum atomic E-state index is -0.256. The van der Waals surface area contributed by atoms with Crippen molar-refractivity contribution in [3.8, 4) is 0 Å². The van der Waals surface area contributed by atoms with Crippen LogP contribution in [0.1, 0.15) is 13.3 Å². The lowest BCUT2D eigenvalue weighted by atomic mass is 10.4. The van der Waals surface area contributed by atoms with Crippen LogP contribution in [0.15, 0.2) is 21.4 Å². The quantitative estimate of drug-likeness (QED) is 0.829. The molecule has 5 heteroatoms. The molecule has 1 rings (SSSR count). The van der Waals surface area contributed by atoms with Crippen molar-refractivity contribution in [1.29, 1.82) is 0 Å². The van der Waals surface area contributed by atoms with Crippen molar-refractivity contribution in [2.24, 2.45) is 0 Å². The van der Waals surface area contributed by atoms with Crippen LogP contribution < -0.4 is 10.9 Å². The van der Waals surface area contributed by atoms with Crippen LogP contribution in [0.25, 0.3) is 0 Å². The van der Waals surface area contributed by atoms with Gasteiger partial charge in [-0.05, 0) is 28.1 Å². The first kappa shape index (κ1) is 9.98. The fraction of sp³-hybridized carbons (Fsp3) is 0.250. The van der Waals surface area contributed by atoms with Crippen molar-refractivity contribution < 1.29 is 4.79 Å². The molecule has 0 radical (unpaired) electrons. The lowest BCUT2D eigenvalue weighted by Crippen LogP contribution is -2.15. The summed E-state index contributed by atoms with van der Waals surface area (Å²) in [7, 11) is 0. The maximum Gasteiger partial charge on any atom is 0.263 e. The number of aromatic amines is 1. The number of hydrogen-bond acceptors (Lipinski definition) is 2. The second kappa shape index (κ2) is 4.23. The maximum atomic E-state index is 11.1. The second-order valence-electron chi connectivity index (χ2n) is 2.45. The Balaban J connectivity index is 2.86. The molecule has 13 heavy (non-hydrogen) atoms. The van der Waals surface area contributed by atoms with E-state index in [0.29, 0.717) is 16.7 Å². The van der Waals surface area contributed by atoms with Gasteiger partial charge in [-0.25, -0.2) is 0 Å². The highest BCUT2D eigenvalue weighted by atomic mass is 79.9. The van der Waals surface area contributed by atoms with Crippen molar-refractivity contribution in [2.75, 3.05) is 5.32 Å². The zero-order valence-electron chi connectivity index (χ0n) is 7.06. The normalized spacial score (nSPS) is 9.69. The zero-order chi connectivity index (χ0) is 9.84. The second-order valence-corrected chi connectivity index (χ2v) is 3.31. The summed E-state index contributed by atoms with van der Waals surface area (Å²) >= 11 is 3.06. The Morgan fingerprint density at radius 2 is 2.31 bits per heavy atom. The number of aromatic nitrogens is 1. The van der Waals surface area contributed by atoms with Gasteiger partial charge in [0.2, 0.25) is 5.91 Å². The van der Waals surface area contributed by atoms with Crippen LogP contribution >= 0.6 is 15.9 Å². The molecule has 0 fully saturated rings. The van der Waals surface area contributed by atoms with E-state index in [9.17, 15) is 9.59 Å². The molecule has 2 N–H and O–H groups in total. The largest absolute Gasteiger partial charge is 0.312 e. The van der Waals surface area contributed by atoms with Crippen LogP contribution in [0.3, 0.4) is 0 Å². The Bertz CT molecular complexity index is 373. The van der Waals surface area contributed by atoms with Gasteiger partial charge in [-0.15, -0.1) is 0 Å². The predicted molar refractivity (Wildman–Crippen MR) is 53.7 cm³/mol. The molecule has 0 aliphatic carbocycles. The highest BCUT2D eigenvalue weighted by Crippen LogP contribution is 2.05. The molecule has 0 spiro atoms. The maximum absolute atomic E-state index is 11.1. The summed E-state index contributed by atoms with van der Waals surface area (Å²) in [4.78, 5) is 24.5. The third-order valence-corrected chi connectivity index (χ3v) is 2.08. The molecule has 0 saturated carbocycles. The molecule has 1 aromatic rings. The Hall–Kier alpha value is -1.10. The highest BCUT2D eigenvalue weighted by Gasteiger charge is 2.00. The lowest BCUT2D eigenvalue weighted by Gasteiger charge is -2.02. The third kappa shape index (κ3) is 2.69. The minimum Gasteiger partial charge on any atom is -0.312 e. The van der Waals surface area contributed by atoms with Crippen molar-refractivity contribution in [1.82, 2.24) is 4.98 Å². The Kier molecular flexibility index (Phi) is 3.25. The van der Waals surface area contributed by atoms with E-state index in [1.165, 1.54) is 0 Å². The molecule has 0 aliphatic rings. The number of carbonyl (C=O) groups is 1. The first-order valence-electron chi connectivity index (χ1n) is 3.82. The number of amides is 1. The van der Waals surface area contributed by atoms with Gasteiger partial charge in [0, 0.05) is 6.42 Å². The van der Waals surface area contributed by atoms with Gasteiger partial charge in [-0.1, -0.05) is 6.92 Å². The molecule has 0 atom stereocenters. The number of nitrogens with one attached hydrogen (secondary N) is 2. The van der Waals surface area contributed by atoms with Gasteiger partial charge in [-0.3, -0.25) is 9.59 Å². The van der Waals surface area contributed by atoms with Gasteiger partial charge in [-0.2, -0.15) is 0 Å². The Labute approximate surface area is 83.5 Å². The van der Waals surface area contributed by atoms with Crippen LogP contribution in [0.5, 0.6) is 0 Å². The topological polar surface area (TPSA) is 62.0 Å². The van der Waals surface area contributed by atoms with E-state index in [4.69, 9.17) is 0 Å². The summed E-state index contributed by atoms with van der Waals surface area (Å²) in [5.41, 5.74) is -0.256. The van der Waals surface area contributed by atoms with Gasteiger partial charge in [0.15, 0.2) is 0 Å². The number of hydrogen-bond donors (Lipinski definition) is 2. The SMILES string of the molecule is CCC(=O)Nc1ccc(Br)c(=O)[nH]1. The van der Waals surface area contributed by atoms with Crippen LogP contribution in [0.2, 0.25) is 0 Å². The minimum absolute atomic E-state index is 0.127. The Morgan fingerprint density at radius 1 is 1.62 bits per heavy atom. The molecule has 0 bridgehead atoms. The third-order valence-electron chi connectivity index (χ3n) is 1.46. The number of pyridine rings is 1. The summed E-state index contributed by atoms with van der Waals surface area (Å²) in [5.74, 6) is 0.290. The standard InChI is InChI=1S/C8H9BrN2O2/c1-2-7(12)10-6-4-3-5(9)8(13)11-6/h3-4H,2H2,1H3,(H2,10,11,12,13). The van der Waals surface area contributed by atoms with Crippen LogP contribution in [0, 0.1) is 0 Å². The molecular formula is C8H9BrN2O2. The van der Waals surface area contributed by atoms with Gasteiger partial charge in [0.25, 0.3) is 5.56 Å². The van der Waals surface area contributed by atoms with E-state index in [2.05, 4.69) is 26.2 Å². The molecule has 1 amide bonds. The lowest BCUT2D eigenvalue weighted by molar-refractivity contribution is -0.115. The van der Waals surface area contributed by atoms with Crippen LogP contribution in [0.4, 0.5) is 5.82 Å². The monoisotopic (exact) mass is 244 g/mol. The number of carbonyl (C=O) groups excluding carboxylic acids is 1. The fourth-order valence-electron chi connectivity index (χ4n) is 0.767. The van der Waals surface area contributed by atoms with E-state index in [-0.39, 0.29) is 11.5 Å². The predicted octanol–water partition coefficient (Wildman–Crippen LogP) is 1.49. The molecule has 0 saturated heterocycles. The number of rotatable bonds is 2. The molecule has 70 valence electrons. The smallest absolute Gasteiger partial charge is 0.263 e. The van der Waals surface area contributed by atoms with E-state index >= 15 is 0 Å². The van der Waals surface area contributed by atoms with E-state index in [1.54, 1.807) is 19.1 Å². The molecule has 1 aromatic heterocycles.